The van der Waals surface area contributed by atoms with Crippen LogP contribution in [0.2, 0.25) is 18.1 Å². The van der Waals surface area contributed by atoms with Crippen molar-refractivity contribution in [3.05, 3.63) is 12.2 Å². The van der Waals surface area contributed by atoms with Gasteiger partial charge in [0, 0.05) is 5.92 Å². The molecule has 0 radical (unpaired) electrons. The molecule has 1 N–H and O–H groups in total. The second-order valence-electron chi connectivity index (χ2n) is 6.88. The molecular weight excluding hydrogens is 349 g/mol. The second kappa shape index (κ2) is 6.79. The Bertz CT molecular complexity index is 413. The highest BCUT2D eigenvalue weighted by atomic mass is 35.6. The van der Waals surface area contributed by atoms with Crippen molar-refractivity contribution in [3.63, 3.8) is 0 Å². The Hall–Kier alpha value is 0.257. The van der Waals surface area contributed by atoms with E-state index >= 15 is 0 Å². The Kier molecular flexibility index (Phi) is 6.24. The molecule has 0 aromatic carbocycles. The molecule has 0 fully saturated rings. The molecule has 0 unspecified atom stereocenters. The lowest BCUT2D eigenvalue weighted by Crippen LogP contribution is -2.45. The van der Waals surface area contributed by atoms with E-state index in [4.69, 9.17) is 49.4 Å². The molecule has 0 heterocycles. The molecule has 0 bridgehead atoms. The quantitative estimate of drug-likeness (QED) is 0.239. The summed E-state index contributed by atoms with van der Waals surface area (Å²) in [5.41, 5.74) is 0. The summed E-state index contributed by atoms with van der Waals surface area (Å²) in [6.45, 7) is 11.4. The highest BCUT2D eigenvalue weighted by Gasteiger charge is 2.41. The van der Waals surface area contributed by atoms with E-state index in [1.54, 1.807) is 0 Å². The molecular formula is C14H24Cl3NO2Si. The molecule has 0 saturated carbocycles. The number of halogens is 3. The molecule has 1 aliphatic carbocycles. The molecule has 0 aromatic heterocycles. The summed E-state index contributed by atoms with van der Waals surface area (Å²) in [7, 11) is -1.83. The van der Waals surface area contributed by atoms with E-state index in [-0.39, 0.29) is 23.0 Å². The average Bonchev–Trinajstić information content (AvgIpc) is 2.69. The summed E-state index contributed by atoms with van der Waals surface area (Å²) >= 11 is 16.8. The summed E-state index contributed by atoms with van der Waals surface area (Å²) in [5, 5.41) is 7.73. The number of ether oxygens (including phenoxy) is 1. The van der Waals surface area contributed by atoms with Crippen molar-refractivity contribution in [1.82, 2.24) is 0 Å². The highest BCUT2D eigenvalue weighted by Crippen LogP contribution is 2.39. The van der Waals surface area contributed by atoms with Gasteiger partial charge in [-0.15, -0.1) is 0 Å². The molecule has 1 rings (SSSR count). The van der Waals surface area contributed by atoms with Crippen molar-refractivity contribution in [2.75, 3.05) is 6.61 Å². The van der Waals surface area contributed by atoms with Gasteiger partial charge in [0.1, 0.15) is 0 Å². The third kappa shape index (κ3) is 5.43. The summed E-state index contributed by atoms with van der Waals surface area (Å²) in [5.74, 6) is -0.259. The fraction of sp³-hybridized carbons (Fsp3) is 0.786. The maximum absolute atomic E-state index is 7.57. The van der Waals surface area contributed by atoms with Gasteiger partial charge >= 0.3 is 0 Å². The van der Waals surface area contributed by atoms with E-state index in [9.17, 15) is 0 Å². The van der Waals surface area contributed by atoms with Gasteiger partial charge in [0.25, 0.3) is 3.79 Å². The first-order valence-electron chi connectivity index (χ1n) is 6.97. The van der Waals surface area contributed by atoms with Crippen LogP contribution in [0.25, 0.3) is 0 Å². The molecule has 21 heavy (non-hydrogen) atoms. The van der Waals surface area contributed by atoms with E-state index in [1.807, 2.05) is 0 Å². The van der Waals surface area contributed by atoms with Crippen LogP contribution in [-0.2, 0) is 9.16 Å². The summed E-state index contributed by atoms with van der Waals surface area (Å²) in [4.78, 5) is 0. The predicted molar refractivity (Wildman–Crippen MR) is 93.3 cm³/mol. The number of hydrogen-bond acceptors (Lipinski definition) is 3. The zero-order chi connectivity index (χ0) is 16.5. The molecule has 7 heteroatoms. The Balaban J connectivity index is 2.60. The van der Waals surface area contributed by atoms with Gasteiger partial charge in [0.05, 0.1) is 12.7 Å². The number of alkyl halides is 3. The number of hydrogen-bond donors (Lipinski definition) is 1. The van der Waals surface area contributed by atoms with Gasteiger partial charge in [-0.1, -0.05) is 67.7 Å². The van der Waals surface area contributed by atoms with Crippen molar-refractivity contribution in [2.45, 2.75) is 55.2 Å². The zero-order valence-electron chi connectivity index (χ0n) is 13.2. The standard InChI is InChI=1S/C14H24Cl3NO2Si/c1-13(2,3)21(4,5)20-11-8-6-7-10(11)9-19-12(18)14(15,16)17/h6-7,10-11,18H,8-9H2,1-5H3/t10-,11-/m0/s1. The molecule has 0 amide bonds. The minimum Gasteiger partial charge on any atom is -0.477 e. The largest absolute Gasteiger partial charge is 0.477 e. The molecule has 2 atom stereocenters. The minimum absolute atomic E-state index is 0.0778. The predicted octanol–water partition coefficient (Wildman–Crippen LogP) is 5.32. The number of rotatable bonds is 4. The third-order valence-corrected chi connectivity index (χ3v) is 9.18. The fourth-order valence-corrected chi connectivity index (χ4v) is 3.35. The van der Waals surface area contributed by atoms with Gasteiger partial charge in [-0.3, -0.25) is 5.41 Å². The van der Waals surface area contributed by atoms with Gasteiger partial charge in [0.15, 0.2) is 8.32 Å². The Labute approximate surface area is 143 Å². The zero-order valence-corrected chi connectivity index (χ0v) is 16.4. The lowest BCUT2D eigenvalue weighted by molar-refractivity contribution is 0.114. The first-order chi connectivity index (χ1) is 9.34. The van der Waals surface area contributed by atoms with Crippen molar-refractivity contribution in [1.29, 1.82) is 5.41 Å². The lowest BCUT2D eigenvalue weighted by Gasteiger charge is -2.39. The van der Waals surface area contributed by atoms with Gasteiger partial charge in [0.2, 0.25) is 5.90 Å². The van der Waals surface area contributed by atoms with Crippen LogP contribution in [0.5, 0.6) is 0 Å². The van der Waals surface area contributed by atoms with Crippen LogP contribution in [-0.4, -0.2) is 30.7 Å². The third-order valence-electron chi connectivity index (χ3n) is 4.16. The topological polar surface area (TPSA) is 42.3 Å². The van der Waals surface area contributed by atoms with E-state index in [1.165, 1.54) is 0 Å². The van der Waals surface area contributed by atoms with Crippen LogP contribution < -0.4 is 0 Å². The van der Waals surface area contributed by atoms with E-state index in [0.29, 0.717) is 6.61 Å². The maximum atomic E-state index is 7.57. The van der Waals surface area contributed by atoms with Gasteiger partial charge < -0.3 is 9.16 Å². The SMILES string of the molecule is CC(C)(C)[Si](C)(C)O[C@H]1CC=C[C@H]1COC(=N)C(Cl)(Cl)Cl. The second-order valence-corrected chi connectivity index (χ2v) is 13.9. The lowest BCUT2D eigenvalue weighted by atomic mass is 10.1. The van der Waals surface area contributed by atoms with E-state index in [0.717, 1.165) is 6.42 Å². The Morgan fingerprint density at radius 3 is 2.33 bits per heavy atom. The van der Waals surface area contributed by atoms with Crippen LogP contribution in [0, 0.1) is 11.3 Å². The van der Waals surface area contributed by atoms with Crippen LogP contribution in [0.1, 0.15) is 27.2 Å². The van der Waals surface area contributed by atoms with Gasteiger partial charge in [-0.2, -0.15) is 0 Å². The first kappa shape index (κ1) is 19.3. The van der Waals surface area contributed by atoms with Gasteiger partial charge in [-0.05, 0) is 24.6 Å². The van der Waals surface area contributed by atoms with Crippen LogP contribution in [0.4, 0.5) is 0 Å². The minimum atomic E-state index is -1.83. The van der Waals surface area contributed by atoms with Crippen LogP contribution >= 0.6 is 34.8 Å². The molecule has 0 aromatic rings. The smallest absolute Gasteiger partial charge is 0.265 e. The number of nitrogens with one attached hydrogen (secondary N) is 1. The van der Waals surface area contributed by atoms with E-state index in [2.05, 4.69) is 46.0 Å². The van der Waals surface area contributed by atoms with Crippen molar-refractivity contribution >= 4 is 49.0 Å². The van der Waals surface area contributed by atoms with Crippen LogP contribution in [0.3, 0.4) is 0 Å². The monoisotopic (exact) mass is 371 g/mol. The summed E-state index contributed by atoms with van der Waals surface area (Å²) in [6, 6.07) is 0. The molecule has 3 nitrogen and oxygen atoms in total. The average molecular weight is 373 g/mol. The van der Waals surface area contributed by atoms with E-state index < -0.39 is 12.1 Å². The molecule has 1 aliphatic rings. The van der Waals surface area contributed by atoms with Crippen molar-refractivity contribution in [2.24, 2.45) is 5.92 Å². The normalized spacial score (nSPS) is 23.4. The fourth-order valence-electron chi connectivity index (χ4n) is 1.80. The summed E-state index contributed by atoms with van der Waals surface area (Å²) < 4.78 is 9.91. The first-order valence-corrected chi connectivity index (χ1v) is 11.0. The van der Waals surface area contributed by atoms with Crippen LogP contribution in [0.15, 0.2) is 12.2 Å². The van der Waals surface area contributed by atoms with Crippen molar-refractivity contribution < 1.29 is 9.16 Å². The molecule has 0 aliphatic heterocycles. The highest BCUT2D eigenvalue weighted by molar-refractivity contribution is 6.76. The molecule has 122 valence electrons. The molecule has 0 saturated heterocycles. The van der Waals surface area contributed by atoms with Crippen molar-refractivity contribution in [3.8, 4) is 0 Å². The molecule has 0 spiro atoms. The summed E-state index contributed by atoms with van der Waals surface area (Å²) in [6.07, 6.45) is 5.09. The maximum Gasteiger partial charge on any atom is 0.265 e. The van der Waals surface area contributed by atoms with Gasteiger partial charge in [-0.25, -0.2) is 0 Å². The Morgan fingerprint density at radius 1 is 1.29 bits per heavy atom. The Morgan fingerprint density at radius 2 is 1.86 bits per heavy atom.